The van der Waals surface area contributed by atoms with Gasteiger partial charge in [0.2, 0.25) is 5.78 Å². The van der Waals surface area contributed by atoms with Gasteiger partial charge in [-0.05, 0) is 29.8 Å². The minimum absolute atomic E-state index is 0.269. The first kappa shape index (κ1) is 23.6. The third-order valence-electron chi connectivity index (χ3n) is 4.91. The number of nitrogens with zero attached hydrogens (tertiary/aromatic N) is 3. The number of anilines is 1. The molecule has 2 N–H and O–H groups in total. The Labute approximate surface area is 193 Å². The number of nitriles is 1. The number of aromatic nitrogens is 2. The van der Waals surface area contributed by atoms with Crippen LogP contribution in [0.25, 0.3) is 0 Å². The Hall–Kier alpha value is -4.10. The number of rotatable bonds is 7. The summed E-state index contributed by atoms with van der Waals surface area (Å²) in [4.78, 5) is 50.1. The topological polar surface area (TPSA) is 137 Å². The zero-order valence-electron chi connectivity index (χ0n) is 17.9. The molecular formula is C23H20N4O5S. The van der Waals surface area contributed by atoms with Gasteiger partial charge in [0.1, 0.15) is 11.4 Å². The highest BCUT2D eigenvalue weighted by Crippen LogP contribution is 2.27. The lowest BCUT2D eigenvalue weighted by Crippen LogP contribution is -2.42. The minimum atomic E-state index is -0.852. The Morgan fingerprint density at radius 1 is 1.06 bits per heavy atom. The molecule has 0 saturated carbocycles. The molecule has 0 radical (unpaired) electrons. The fraction of sp³-hybridized carbons (Fsp3) is 0.174. The van der Waals surface area contributed by atoms with Crippen molar-refractivity contribution in [3.05, 3.63) is 91.6 Å². The van der Waals surface area contributed by atoms with Crippen LogP contribution in [0, 0.1) is 11.3 Å². The summed E-state index contributed by atoms with van der Waals surface area (Å²) in [6.07, 6.45) is 0. The smallest absolute Gasteiger partial charge is 0.339 e. The van der Waals surface area contributed by atoms with Crippen LogP contribution in [-0.2, 0) is 24.6 Å². The third-order valence-corrected chi connectivity index (χ3v) is 6.05. The molecule has 0 fully saturated rings. The molecule has 3 rings (SSSR count). The summed E-state index contributed by atoms with van der Waals surface area (Å²) in [6, 6.07) is 16.0. The third kappa shape index (κ3) is 5.05. The molecule has 9 nitrogen and oxygen atoms in total. The number of carbonyl (C=O) groups is 2. The molecule has 3 aromatic rings. The van der Waals surface area contributed by atoms with Gasteiger partial charge in [0.15, 0.2) is 6.61 Å². The monoisotopic (exact) mass is 464 g/mol. The second kappa shape index (κ2) is 10.0. The maximum atomic E-state index is 12.7. The Bertz CT molecular complexity index is 1380. The van der Waals surface area contributed by atoms with E-state index in [1.807, 2.05) is 12.1 Å². The van der Waals surface area contributed by atoms with Crippen molar-refractivity contribution in [1.29, 1.82) is 5.26 Å². The van der Waals surface area contributed by atoms with Crippen molar-refractivity contribution in [2.24, 2.45) is 14.1 Å². The maximum Gasteiger partial charge on any atom is 0.339 e. The Morgan fingerprint density at radius 2 is 1.73 bits per heavy atom. The van der Waals surface area contributed by atoms with Crippen molar-refractivity contribution in [3.8, 4) is 6.07 Å². The van der Waals surface area contributed by atoms with Gasteiger partial charge in [0, 0.05) is 24.7 Å². The van der Waals surface area contributed by atoms with Crippen LogP contribution in [0.15, 0.2) is 63.0 Å². The fourth-order valence-electron chi connectivity index (χ4n) is 3.00. The highest BCUT2D eigenvalue weighted by Gasteiger charge is 2.22. The quantitative estimate of drug-likeness (QED) is 0.318. The molecule has 0 aliphatic carbocycles. The van der Waals surface area contributed by atoms with E-state index in [1.165, 1.54) is 25.9 Å². The zero-order chi connectivity index (χ0) is 24.1. The summed E-state index contributed by atoms with van der Waals surface area (Å²) < 4.78 is 6.90. The van der Waals surface area contributed by atoms with Crippen molar-refractivity contribution >= 4 is 29.3 Å². The normalized spacial score (nSPS) is 10.5. The number of Topliss-reactive ketones (excluding diaryl/α,β-unsaturated/α-hetero) is 1. The lowest BCUT2D eigenvalue weighted by molar-refractivity contribution is 0.0470. The van der Waals surface area contributed by atoms with Gasteiger partial charge >= 0.3 is 11.7 Å². The lowest BCUT2D eigenvalue weighted by atomic mass is 10.2. The molecule has 0 bridgehead atoms. The summed E-state index contributed by atoms with van der Waals surface area (Å²) >= 11 is 1.40. The number of carbonyl (C=O) groups excluding carboxylic acids is 2. The summed E-state index contributed by atoms with van der Waals surface area (Å²) in [7, 11) is 2.56. The number of ketones is 1. The van der Waals surface area contributed by atoms with Gasteiger partial charge in [-0.2, -0.15) is 5.26 Å². The molecule has 0 unspecified atom stereocenters. The Morgan fingerprint density at radius 3 is 2.39 bits per heavy atom. The molecule has 0 aliphatic heterocycles. The molecule has 168 valence electrons. The van der Waals surface area contributed by atoms with E-state index in [2.05, 4.69) is 6.07 Å². The standard InChI is InChI=1S/C23H20N4O5S/c1-26-20(25)19(21(29)27(2)23(26)31)17(28)12-32-22(30)16-5-3-4-6-18(16)33-13-15-9-7-14(11-24)8-10-15/h3-10H,12-13,25H2,1-2H3. The van der Waals surface area contributed by atoms with Crippen LogP contribution in [0.2, 0.25) is 0 Å². The van der Waals surface area contributed by atoms with Crippen LogP contribution >= 0.6 is 11.8 Å². The van der Waals surface area contributed by atoms with Gasteiger partial charge in [-0.15, -0.1) is 11.8 Å². The van der Waals surface area contributed by atoms with E-state index in [0.717, 1.165) is 14.7 Å². The number of ether oxygens (including phenoxy) is 1. The molecule has 1 aromatic heterocycles. The number of thioether (sulfide) groups is 1. The SMILES string of the molecule is Cn1c(N)c(C(=O)COC(=O)c2ccccc2SCc2ccc(C#N)cc2)c(=O)n(C)c1=O. The van der Waals surface area contributed by atoms with E-state index in [4.69, 9.17) is 15.7 Å². The Balaban J connectivity index is 1.73. The van der Waals surface area contributed by atoms with E-state index in [0.29, 0.717) is 16.2 Å². The Kier molecular flexibility index (Phi) is 7.15. The molecule has 2 aromatic carbocycles. The van der Waals surface area contributed by atoms with Gasteiger partial charge < -0.3 is 10.5 Å². The molecular weight excluding hydrogens is 444 g/mol. The predicted octanol–water partition coefficient (Wildman–Crippen LogP) is 1.87. The van der Waals surface area contributed by atoms with Gasteiger partial charge in [-0.3, -0.25) is 18.7 Å². The first-order chi connectivity index (χ1) is 15.7. The number of benzene rings is 2. The van der Waals surface area contributed by atoms with E-state index < -0.39 is 35.2 Å². The van der Waals surface area contributed by atoms with Crippen molar-refractivity contribution in [2.75, 3.05) is 12.3 Å². The molecule has 0 saturated heterocycles. The largest absolute Gasteiger partial charge is 0.454 e. The van der Waals surface area contributed by atoms with Crippen LogP contribution < -0.4 is 17.0 Å². The van der Waals surface area contributed by atoms with Gasteiger partial charge in [-0.1, -0.05) is 24.3 Å². The minimum Gasteiger partial charge on any atom is -0.454 e. The highest BCUT2D eigenvalue weighted by molar-refractivity contribution is 7.98. The second-order valence-corrected chi connectivity index (χ2v) is 8.08. The lowest BCUT2D eigenvalue weighted by Gasteiger charge is -2.12. The molecule has 10 heteroatoms. The van der Waals surface area contributed by atoms with Crippen LogP contribution in [0.4, 0.5) is 5.82 Å². The molecule has 1 heterocycles. The second-order valence-electron chi connectivity index (χ2n) is 7.06. The van der Waals surface area contributed by atoms with E-state index in [1.54, 1.807) is 36.4 Å². The summed E-state index contributed by atoms with van der Waals surface area (Å²) in [6.45, 7) is -0.703. The first-order valence-corrected chi connectivity index (χ1v) is 10.7. The van der Waals surface area contributed by atoms with Crippen molar-refractivity contribution in [2.45, 2.75) is 10.6 Å². The van der Waals surface area contributed by atoms with E-state index in [-0.39, 0.29) is 11.4 Å². The number of nitrogen functional groups attached to an aromatic ring is 1. The van der Waals surface area contributed by atoms with Crippen LogP contribution in [0.3, 0.4) is 0 Å². The van der Waals surface area contributed by atoms with E-state index >= 15 is 0 Å². The van der Waals surface area contributed by atoms with Crippen molar-refractivity contribution in [1.82, 2.24) is 9.13 Å². The molecule has 0 aliphatic rings. The number of esters is 1. The summed E-state index contributed by atoms with van der Waals surface area (Å²) in [5, 5.41) is 8.89. The van der Waals surface area contributed by atoms with Crippen LogP contribution in [0.5, 0.6) is 0 Å². The van der Waals surface area contributed by atoms with Crippen LogP contribution in [0.1, 0.15) is 31.8 Å². The maximum absolute atomic E-state index is 12.7. The predicted molar refractivity (Wildman–Crippen MR) is 123 cm³/mol. The average Bonchev–Trinajstić information content (AvgIpc) is 2.84. The van der Waals surface area contributed by atoms with Gasteiger partial charge in [0.25, 0.3) is 5.56 Å². The van der Waals surface area contributed by atoms with Gasteiger partial charge in [0.05, 0.1) is 17.2 Å². The van der Waals surface area contributed by atoms with Crippen molar-refractivity contribution < 1.29 is 14.3 Å². The number of hydrogen-bond donors (Lipinski definition) is 1. The summed E-state index contributed by atoms with van der Waals surface area (Å²) in [5.74, 6) is -1.27. The highest BCUT2D eigenvalue weighted by atomic mass is 32.2. The average molecular weight is 465 g/mol. The molecule has 33 heavy (non-hydrogen) atoms. The van der Waals surface area contributed by atoms with E-state index in [9.17, 15) is 19.2 Å². The number of nitrogens with two attached hydrogens (primary N) is 1. The molecule has 0 atom stereocenters. The van der Waals surface area contributed by atoms with Crippen LogP contribution in [-0.4, -0.2) is 27.5 Å². The molecule has 0 amide bonds. The number of hydrogen-bond acceptors (Lipinski definition) is 8. The first-order valence-electron chi connectivity index (χ1n) is 9.71. The fourth-order valence-corrected chi connectivity index (χ4v) is 4.00. The zero-order valence-corrected chi connectivity index (χ0v) is 18.7. The molecule has 0 spiro atoms. The van der Waals surface area contributed by atoms with Crippen molar-refractivity contribution in [3.63, 3.8) is 0 Å². The summed E-state index contributed by atoms with van der Waals surface area (Å²) in [5.41, 5.74) is 5.65. The van der Waals surface area contributed by atoms with Gasteiger partial charge in [-0.25, -0.2) is 9.59 Å².